The van der Waals surface area contributed by atoms with E-state index in [-0.39, 0.29) is 37.6 Å². The number of piperidine rings is 1. The SMILES string of the molecule is O=C(CCCC(=O)NCc1cccc(-c2ccc([C@H]3O[C@@H](CN4CCCCC4)C[C@@H](c4ccc(CO)cc4)O3)cc2)c1)NO. The van der Waals surface area contributed by atoms with Gasteiger partial charge in [0, 0.05) is 37.9 Å². The van der Waals surface area contributed by atoms with Gasteiger partial charge in [-0.05, 0) is 66.2 Å². The molecular formula is C35H43N3O6. The number of hydroxylamine groups is 1. The minimum absolute atomic E-state index is 0.0202. The fraction of sp³-hybridized carbons (Fsp3) is 0.429. The van der Waals surface area contributed by atoms with Gasteiger partial charge in [0.05, 0.1) is 18.8 Å². The minimum atomic E-state index is -0.497. The van der Waals surface area contributed by atoms with Crippen LogP contribution in [-0.2, 0) is 32.2 Å². The Hall–Kier alpha value is -3.60. The second-order valence-electron chi connectivity index (χ2n) is 11.7. The highest BCUT2D eigenvalue weighted by Gasteiger charge is 2.33. The predicted octanol–water partition coefficient (Wildman–Crippen LogP) is 5.17. The number of rotatable bonds is 12. The Labute approximate surface area is 259 Å². The number of carbonyl (C=O) groups is 2. The van der Waals surface area contributed by atoms with Gasteiger partial charge in [0.2, 0.25) is 11.8 Å². The molecule has 2 aliphatic heterocycles. The number of ether oxygens (including phenoxy) is 2. The summed E-state index contributed by atoms with van der Waals surface area (Å²) in [6.45, 7) is 3.53. The van der Waals surface area contributed by atoms with Gasteiger partial charge in [-0.3, -0.25) is 14.8 Å². The van der Waals surface area contributed by atoms with Crippen molar-refractivity contribution in [3.05, 3.63) is 95.1 Å². The molecule has 234 valence electrons. The van der Waals surface area contributed by atoms with Crippen molar-refractivity contribution in [1.82, 2.24) is 15.7 Å². The van der Waals surface area contributed by atoms with E-state index in [1.54, 1.807) is 5.48 Å². The van der Waals surface area contributed by atoms with Crippen LogP contribution in [0.3, 0.4) is 0 Å². The van der Waals surface area contributed by atoms with Crippen molar-refractivity contribution in [2.24, 2.45) is 0 Å². The van der Waals surface area contributed by atoms with Gasteiger partial charge < -0.3 is 24.8 Å². The normalized spacial score (nSPS) is 20.6. The van der Waals surface area contributed by atoms with E-state index in [1.165, 1.54) is 19.3 Å². The molecule has 0 saturated carbocycles. The summed E-state index contributed by atoms with van der Waals surface area (Å²) in [6.07, 6.45) is 4.70. The topological polar surface area (TPSA) is 120 Å². The van der Waals surface area contributed by atoms with Gasteiger partial charge in [-0.1, -0.05) is 73.2 Å². The molecule has 0 radical (unpaired) electrons. The van der Waals surface area contributed by atoms with E-state index in [9.17, 15) is 14.7 Å². The van der Waals surface area contributed by atoms with Crippen molar-refractivity contribution in [2.45, 2.75) is 76.6 Å². The Morgan fingerprint density at radius 2 is 1.55 bits per heavy atom. The molecule has 2 amide bonds. The molecule has 0 aliphatic carbocycles. The molecule has 0 aromatic heterocycles. The average Bonchev–Trinajstić information content (AvgIpc) is 3.08. The first-order chi connectivity index (χ1) is 21.5. The minimum Gasteiger partial charge on any atom is -0.392 e. The molecule has 2 heterocycles. The van der Waals surface area contributed by atoms with Gasteiger partial charge >= 0.3 is 0 Å². The summed E-state index contributed by atoms with van der Waals surface area (Å²) in [6, 6.07) is 24.3. The van der Waals surface area contributed by atoms with Crippen molar-refractivity contribution in [3.8, 4) is 11.1 Å². The van der Waals surface area contributed by atoms with E-state index in [0.29, 0.717) is 13.0 Å². The van der Waals surface area contributed by atoms with Crippen LogP contribution in [0.1, 0.15) is 79.6 Å². The zero-order valence-electron chi connectivity index (χ0n) is 25.1. The van der Waals surface area contributed by atoms with Gasteiger partial charge in [0.15, 0.2) is 6.29 Å². The number of nitrogens with zero attached hydrogens (tertiary/aromatic N) is 1. The Morgan fingerprint density at radius 3 is 2.27 bits per heavy atom. The molecule has 0 bridgehead atoms. The lowest BCUT2D eigenvalue weighted by Crippen LogP contribution is -2.41. The third-order valence-corrected chi connectivity index (χ3v) is 8.39. The number of nitrogens with one attached hydrogen (secondary N) is 2. The number of likely N-dealkylation sites (tertiary alicyclic amines) is 1. The average molecular weight is 602 g/mol. The number of hydrogen-bond donors (Lipinski definition) is 4. The maximum Gasteiger partial charge on any atom is 0.243 e. The van der Waals surface area contributed by atoms with Crippen LogP contribution in [-0.4, -0.2) is 52.8 Å². The molecule has 2 saturated heterocycles. The van der Waals surface area contributed by atoms with Crippen molar-refractivity contribution >= 4 is 11.8 Å². The third-order valence-electron chi connectivity index (χ3n) is 8.39. The zero-order chi connectivity index (χ0) is 30.7. The number of carbonyl (C=O) groups excluding carboxylic acids is 2. The molecule has 2 fully saturated rings. The second-order valence-corrected chi connectivity index (χ2v) is 11.7. The van der Waals surface area contributed by atoms with Crippen molar-refractivity contribution < 1.29 is 29.4 Å². The van der Waals surface area contributed by atoms with Crippen LogP contribution < -0.4 is 10.8 Å². The molecular weight excluding hydrogens is 558 g/mol. The molecule has 3 aromatic carbocycles. The van der Waals surface area contributed by atoms with E-state index >= 15 is 0 Å². The van der Waals surface area contributed by atoms with Gasteiger partial charge in [-0.2, -0.15) is 0 Å². The van der Waals surface area contributed by atoms with E-state index in [1.807, 2.05) is 42.5 Å². The Balaban J connectivity index is 1.24. The fourth-order valence-electron chi connectivity index (χ4n) is 5.91. The van der Waals surface area contributed by atoms with Crippen LogP contribution in [0, 0.1) is 0 Å². The van der Waals surface area contributed by atoms with E-state index in [2.05, 4.69) is 40.5 Å². The zero-order valence-corrected chi connectivity index (χ0v) is 25.1. The lowest BCUT2D eigenvalue weighted by atomic mass is 9.98. The summed E-state index contributed by atoms with van der Waals surface area (Å²) < 4.78 is 13.1. The van der Waals surface area contributed by atoms with E-state index in [0.717, 1.165) is 59.4 Å². The Kier molecular flexibility index (Phi) is 11.5. The third kappa shape index (κ3) is 8.97. The van der Waals surface area contributed by atoms with Crippen molar-refractivity contribution in [1.29, 1.82) is 0 Å². The lowest BCUT2D eigenvalue weighted by molar-refractivity contribution is -0.253. The summed E-state index contributed by atoms with van der Waals surface area (Å²) in [5, 5.41) is 20.9. The molecule has 9 nitrogen and oxygen atoms in total. The number of aliphatic hydroxyl groups is 1. The predicted molar refractivity (Wildman–Crippen MR) is 166 cm³/mol. The van der Waals surface area contributed by atoms with Crippen LogP contribution in [0.2, 0.25) is 0 Å². The molecule has 9 heteroatoms. The van der Waals surface area contributed by atoms with Gasteiger partial charge in [-0.25, -0.2) is 5.48 Å². The molecule has 2 aliphatic rings. The maximum atomic E-state index is 12.2. The fourth-order valence-corrected chi connectivity index (χ4v) is 5.91. The first-order valence-corrected chi connectivity index (χ1v) is 15.6. The molecule has 0 spiro atoms. The quantitative estimate of drug-likeness (QED) is 0.167. The molecule has 0 unspecified atom stereocenters. The second kappa shape index (κ2) is 15.9. The molecule has 3 aromatic rings. The van der Waals surface area contributed by atoms with Crippen LogP contribution in [0.25, 0.3) is 11.1 Å². The van der Waals surface area contributed by atoms with Crippen molar-refractivity contribution in [2.75, 3.05) is 19.6 Å². The van der Waals surface area contributed by atoms with Gasteiger partial charge in [0.1, 0.15) is 0 Å². The highest BCUT2D eigenvalue weighted by atomic mass is 16.7. The summed E-state index contributed by atoms with van der Waals surface area (Å²) in [5.41, 5.74) is 7.58. The summed E-state index contributed by atoms with van der Waals surface area (Å²) in [4.78, 5) is 25.8. The molecule has 5 rings (SSSR count). The highest BCUT2D eigenvalue weighted by molar-refractivity contribution is 5.78. The van der Waals surface area contributed by atoms with E-state index < -0.39 is 12.2 Å². The summed E-state index contributed by atoms with van der Waals surface area (Å²) in [5.74, 6) is -0.636. The number of benzene rings is 3. The largest absolute Gasteiger partial charge is 0.392 e. The molecule has 44 heavy (non-hydrogen) atoms. The van der Waals surface area contributed by atoms with E-state index in [4.69, 9.17) is 14.7 Å². The smallest absolute Gasteiger partial charge is 0.243 e. The number of aliphatic hydroxyl groups excluding tert-OH is 1. The van der Waals surface area contributed by atoms with Gasteiger partial charge in [-0.15, -0.1) is 0 Å². The maximum absolute atomic E-state index is 12.2. The Bertz CT molecular complexity index is 1360. The van der Waals surface area contributed by atoms with Crippen molar-refractivity contribution in [3.63, 3.8) is 0 Å². The van der Waals surface area contributed by atoms with Gasteiger partial charge in [0.25, 0.3) is 0 Å². The summed E-state index contributed by atoms with van der Waals surface area (Å²) in [7, 11) is 0. The lowest BCUT2D eigenvalue weighted by Gasteiger charge is -2.39. The highest BCUT2D eigenvalue weighted by Crippen LogP contribution is 2.39. The van der Waals surface area contributed by atoms with Crippen LogP contribution in [0.15, 0.2) is 72.8 Å². The molecule has 3 atom stereocenters. The van der Waals surface area contributed by atoms with Crippen LogP contribution in [0.5, 0.6) is 0 Å². The first kappa shape index (κ1) is 31.8. The first-order valence-electron chi connectivity index (χ1n) is 15.6. The monoisotopic (exact) mass is 601 g/mol. The molecule has 4 N–H and O–H groups in total. The Morgan fingerprint density at radius 1 is 0.818 bits per heavy atom. The standard InChI is InChI=1S/C35H43N3O6/c39-24-25-10-12-28(13-11-25)32-21-31(23-38-18-2-1-3-19-38)43-35(44-32)29-16-14-27(15-17-29)30-7-4-6-26(20-30)22-36-33(40)8-5-9-34(41)37-42/h4,6-7,10-17,20,31-32,35,39,42H,1-3,5,8-9,18-19,21-24H2,(H,36,40)(H,37,41)/t31-,32+,35+/m1/s1. The van der Waals surface area contributed by atoms with Crippen LogP contribution in [0.4, 0.5) is 0 Å². The van der Waals surface area contributed by atoms with Crippen LogP contribution >= 0.6 is 0 Å². The number of amides is 2. The summed E-state index contributed by atoms with van der Waals surface area (Å²) >= 11 is 0. The number of hydrogen-bond acceptors (Lipinski definition) is 7.